The van der Waals surface area contributed by atoms with E-state index in [2.05, 4.69) is 41.0 Å². The number of nitrogen functional groups attached to an aromatic ring is 1. The van der Waals surface area contributed by atoms with Crippen molar-refractivity contribution in [3.63, 3.8) is 0 Å². The molecule has 3 N–H and O–H groups in total. The zero-order valence-corrected chi connectivity index (χ0v) is 12.3. The van der Waals surface area contributed by atoms with Crippen LogP contribution in [0.15, 0.2) is 36.9 Å². The zero-order chi connectivity index (χ0) is 15.0. The lowest BCUT2D eigenvalue weighted by Gasteiger charge is -2.22. The van der Waals surface area contributed by atoms with Crippen LogP contribution < -0.4 is 11.1 Å². The summed E-state index contributed by atoms with van der Waals surface area (Å²) in [4.78, 5) is 12.9. The number of hydrogen-bond acceptors (Lipinski definition) is 5. The number of imidazole rings is 1. The maximum atomic E-state index is 6.24. The van der Waals surface area contributed by atoms with Crippen molar-refractivity contribution in [1.29, 1.82) is 0 Å². The predicted octanol–water partition coefficient (Wildman–Crippen LogP) is 2.61. The maximum Gasteiger partial charge on any atom is 0.167 e. The van der Waals surface area contributed by atoms with E-state index >= 15 is 0 Å². The van der Waals surface area contributed by atoms with Crippen LogP contribution in [0.1, 0.15) is 20.8 Å². The molecule has 0 aliphatic rings. The highest BCUT2D eigenvalue weighted by Crippen LogP contribution is 2.26. The number of fused-ring (bicyclic) bond motifs is 1. The minimum absolute atomic E-state index is 0.128. The van der Waals surface area contributed by atoms with Gasteiger partial charge in [-0.25, -0.2) is 15.0 Å². The SMILES string of the molecule is CC(C)(C)Nc1ncnc(-n2cnc3ccccc32)c1N. The second-order valence-electron chi connectivity index (χ2n) is 5.94. The Morgan fingerprint density at radius 1 is 1.10 bits per heavy atom. The van der Waals surface area contributed by atoms with Gasteiger partial charge in [0.2, 0.25) is 0 Å². The van der Waals surface area contributed by atoms with Crippen molar-refractivity contribution in [3.8, 4) is 5.82 Å². The molecular weight excluding hydrogens is 264 g/mol. The number of nitrogens with two attached hydrogens (primary N) is 1. The van der Waals surface area contributed by atoms with E-state index in [9.17, 15) is 0 Å². The van der Waals surface area contributed by atoms with Crippen LogP contribution in [-0.4, -0.2) is 25.1 Å². The highest BCUT2D eigenvalue weighted by molar-refractivity contribution is 5.80. The number of para-hydroxylation sites is 2. The molecule has 0 amide bonds. The van der Waals surface area contributed by atoms with Crippen LogP contribution in [0.2, 0.25) is 0 Å². The summed E-state index contributed by atoms with van der Waals surface area (Å²) in [6, 6.07) is 7.86. The van der Waals surface area contributed by atoms with Crippen LogP contribution in [-0.2, 0) is 0 Å². The fourth-order valence-corrected chi connectivity index (χ4v) is 2.16. The lowest BCUT2D eigenvalue weighted by Crippen LogP contribution is -2.27. The van der Waals surface area contributed by atoms with Gasteiger partial charge in [0, 0.05) is 5.54 Å². The molecule has 21 heavy (non-hydrogen) atoms. The average molecular weight is 282 g/mol. The van der Waals surface area contributed by atoms with Crippen molar-refractivity contribution in [3.05, 3.63) is 36.9 Å². The van der Waals surface area contributed by atoms with Gasteiger partial charge in [0.1, 0.15) is 18.3 Å². The molecule has 6 nitrogen and oxygen atoms in total. The lowest BCUT2D eigenvalue weighted by molar-refractivity contribution is 0.630. The standard InChI is InChI=1S/C15H18N6/c1-15(2,3)20-13-12(16)14(18-8-17-13)21-9-19-10-6-4-5-7-11(10)21/h4-9H,16H2,1-3H3,(H,17,18,20). The highest BCUT2D eigenvalue weighted by atomic mass is 15.2. The van der Waals surface area contributed by atoms with Gasteiger partial charge in [-0.2, -0.15) is 0 Å². The Kier molecular flexibility index (Phi) is 3.01. The first-order valence-corrected chi connectivity index (χ1v) is 6.77. The first-order valence-electron chi connectivity index (χ1n) is 6.77. The minimum atomic E-state index is -0.128. The quantitative estimate of drug-likeness (QED) is 0.755. The Labute approximate surface area is 123 Å². The average Bonchev–Trinajstić information content (AvgIpc) is 2.84. The molecule has 1 aromatic carbocycles. The summed E-state index contributed by atoms with van der Waals surface area (Å²) in [5.41, 5.74) is 8.48. The molecule has 0 spiro atoms. The van der Waals surface area contributed by atoms with Crippen LogP contribution in [0.3, 0.4) is 0 Å². The van der Waals surface area contributed by atoms with Gasteiger partial charge < -0.3 is 11.1 Å². The molecule has 0 unspecified atom stereocenters. The molecule has 0 aliphatic carbocycles. The maximum absolute atomic E-state index is 6.24. The topological polar surface area (TPSA) is 81.7 Å². The van der Waals surface area contributed by atoms with Gasteiger partial charge in [0.05, 0.1) is 11.0 Å². The van der Waals surface area contributed by atoms with Crippen molar-refractivity contribution in [1.82, 2.24) is 19.5 Å². The molecule has 0 fully saturated rings. The van der Waals surface area contributed by atoms with E-state index in [-0.39, 0.29) is 5.54 Å². The van der Waals surface area contributed by atoms with E-state index in [1.165, 1.54) is 6.33 Å². The molecular formula is C15H18N6. The largest absolute Gasteiger partial charge is 0.393 e. The Balaban J connectivity index is 2.13. The van der Waals surface area contributed by atoms with Gasteiger partial charge in [0.25, 0.3) is 0 Å². The molecule has 0 radical (unpaired) electrons. The normalized spacial score (nSPS) is 11.8. The predicted molar refractivity (Wildman–Crippen MR) is 84.4 cm³/mol. The van der Waals surface area contributed by atoms with E-state index in [0.29, 0.717) is 17.3 Å². The summed E-state index contributed by atoms with van der Waals surface area (Å²) >= 11 is 0. The Hall–Kier alpha value is -2.63. The second-order valence-corrected chi connectivity index (χ2v) is 5.94. The van der Waals surface area contributed by atoms with Gasteiger partial charge in [-0.15, -0.1) is 0 Å². The Morgan fingerprint density at radius 2 is 1.86 bits per heavy atom. The molecule has 2 aromatic heterocycles. The van der Waals surface area contributed by atoms with Crippen LogP contribution >= 0.6 is 0 Å². The van der Waals surface area contributed by atoms with Crippen LogP contribution in [0.25, 0.3) is 16.9 Å². The summed E-state index contributed by atoms with van der Waals surface area (Å²) in [6.45, 7) is 6.17. The molecule has 6 heteroatoms. The fourth-order valence-electron chi connectivity index (χ4n) is 2.16. The summed E-state index contributed by atoms with van der Waals surface area (Å²) in [6.07, 6.45) is 3.23. The molecule has 0 saturated heterocycles. The third-order valence-corrected chi connectivity index (χ3v) is 3.04. The van der Waals surface area contributed by atoms with Crippen LogP contribution in [0, 0.1) is 0 Å². The summed E-state index contributed by atoms with van der Waals surface area (Å²) in [5.74, 6) is 1.26. The van der Waals surface area contributed by atoms with Gasteiger partial charge in [-0.05, 0) is 32.9 Å². The smallest absolute Gasteiger partial charge is 0.167 e. The minimum Gasteiger partial charge on any atom is -0.393 e. The van der Waals surface area contributed by atoms with E-state index in [0.717, 1.165) is 11.0 Å². The summed E-state index contributed by atoms with van der Waals surface area (Å²) in [5, 5.41) is 3.29. The molecule has 0 atom stereocenters. The number of nitrogens with one attached hydrogen (secondary N) is 1. The van der Waals surface area contributed by atoms with Gasteiger partial charge in [0.15, 0.2) is 11.6 Å². The van der Waals surface area contributed by atoms with Crippen molar-refractivity contribution in [2.75, 3.05) is 11.1 Å². The van der Waals surface area contributed by atoms with Crippen molar-refractivity contribution >= 4 is 22.5 Å². The van der Waals surface area contributed by atoms with E-state index in [1.807, 2.05) is 28.8 Å². The monoisotopic (exact) mass is 282 g/mol. The number of aromatic nitrogens is 4. The number of nitrogens with zero attached hydrogens (tertiary/aromatic N) is 4. The third kappa shape index (κ3) is 2.52. The fraction of sp³-hybridized carbons (Fsp3) is 0.267. The van der Waals surface area contributed by atoms with Gasteiger partial charge >= 0.3 is 0 Å². The number of anilines is 2. The van der Waals surface area contributed by atoms with Gasteiger partial charge in [-0.3, -0.25) is 4.57 Å². The summed E-state index contributed by atoms with van der Waals surface area (Å²) < 4.78 is 1.88. The highest BCUT2D eigenvalue weighted by Gasteiger charge is 2.16. The first kappa shape index (κ1) is 13.4. The van der Waals surface area contributed by atoms with Crippen molar-refractivity contribution < 1.29 is 0 Å². The third-order valence-electron chi connectivity index (χ3n) is 3.04. The molecule has 0 aliphatic heterocycles. The van der Waals surface area contributed by atoms with E-state index < -0.39 is 0 Å². The number of rotatable bonds is 2. The number of hydrogen-bond donors (Lipinski definition) is 2. The van der Waals surface area contributed by atoms with E-state index in [4.69, 9.17) is 5.73 Å². The molecule has 0 bridgehead atoms. The lowest BCUT2D eigenvalue weighted by atomic mass is 10.1. The molecule has 108 valence electrons. The molecule has 3 rings (SSSR count). The number of benzene rings is 1. The molecule has 2 heterocycles. The van der Waals surface area contributed by atoms with Crippen LogP contribution in [0.4, 0.5) is 11.5 Å². The van der Waals surface area contributed by atoms with Crippen molar-refractivity contribution in [2.45, 2.75) is 26.3 Å². The first-order chi connectivity index (χ1) is 9.96. The molecule has 0 saturated carbocycles. The van der Waals surface area contributed by atoms with E-state index in [1.54, 1.807) is 6.33 Å². The van der Waals surface area contributed by atoms with Gasteiger partial charge in [-0.1, -0.05) is 12.1 Å². The Morgan fingerprint density at radius 3 is 2.62 bits per heavy atom. The van der Waals surface area contributed by atoms with Crippen LogP contribution in [0.5, 0.6) is 0 Å². The Bertz CT molecular complexity index is 784. The molecule has 3 aromatic rings. The zero-order valence-electron chi connectivity index (χ0n) is 12.3. The van der Waals surface area contributed by atoms with Crippen molar-refractivity contribution in [2.24, 2.45) is 0 Å². The summed E-state index contributed by atoms with van der Waals surface area (Å²) in [7, 11) is 0. The second kappa shape index (κ2) is 4.73.